The minimum absolute atomic E-state index is 0.128. The molecule has 0 atom stereocenters. The van der Waals surface area contributed by atoms with Gasteiger partial charge in [-0.2, -0.15) is 0 Å². The minimum atomic E-state index is -1.21. The first-order chi connectivity index (χ1) is 16.7. The molecule has 0 saturated heterocycles. The van der Waals surface area contributed by atoms with Crippen molar-refractivity contribution in [1.82, 2.24) is 19.4 Å². The second-order valence-electron chi connectivity index (χ2n) is 9.77. The number of pyridine rings is 2. The maximum atomic E-state index is 13.0. The molecule has 0 bridgehead atoms. The molecule has 182 valence electrons. The highest BCUT2D eigenvalue weighted by Crippen LogP contribution is 2.34. The molecule has 0 unspecified atom stereocenters. The molecule has 1 aliphatic rings. The van der Waals surface area contributed by atoms with E-state index < -0.39 is 11.5 Å². The predicted octanol–water partition coefficient (Wildman–Crippen LogP) is 4.19. The first-order valence-corrected chi connectivity index (χ1v) is 11.8. The van der Waals surface area contributed by atoms with Crippen LogP contribution >= 0.6 is 0 Å². The molecule has 9 nitrogen and oxygen atoms in total. The average molecular weight is 476 g/mol. The number of nitrogens with zero attached hydrogens (tertiary/aromatic N) is 4. The molecular formula is C26H29N5O4. The largest absolute Gasteiger partial charge is 0.444 e. The van der Waals surface area contributed by atoms with Gasteiger partial charge in [0.05, 0.1) is 23.1 Å². The van der Waals surface area contributed by atoms with Crippen LogP contribution in [0.1, 0.15) is 72.9 Å². The van der Waals surface area contributed by atoms with Crippen molar-refractivity contribution in [2.45, 2.75) is 64.1 Å². The fraction of sp³-hybridized carbons (Fsp3) is 0.385. The number of rotatable bonds is 5. The number of aryl methyl sites for hydroxylation is 1. The van der Waals surface area contributed by atoms with Gasteiger partial charge < -0.3 is 24.3 Å². The lowest BCUT2D eigenvalue weighted by molar-refractivity contribution is 0.0792. The quantitative estimate of drug-likeness (QED) is 0.395. The normalized spacial score (nSPS) is 18.7. The fourth-order valence-corrected chi connectivity index (χ4v) is 4.60. The van der Waals surface area contributed by atoms with E-state index in [-0.39, 0.29) is 17.7 Å². The molecule has 1 fully saturated rings. The molecule has 0 spiro atoms. The summed E-state index contributed by atoms with van der Waals surface area (Å²) in [6.07, 6.45) is 9.79. The first-order valence-electron chi connectivity index (χ1n) is 11.8. The van der Waals surface area contributed by atoms with Crippen molar-refractivity contribution in [2.75, 3.05) is 5.32 Å². The standard InChI is InChI=1S/C26H29N5O4/c1-15-10-17(8-9-27-15)25-30-22(14-35-25)24(33)29-21-13-31-12-20(16-4-6-18(32)7-5-16)28-23(31)11-19(21)26(2,3)34/h8-14,16,18,32,34H,4-7H2,1-3H3,(H,29,33). The van der Waals surface area contributed by atoms with Crippen molar-refractivity contribution in [2.24, 2.45) is 0 Å². The van der Waals surface area contributed by atoms with Crippen LogP contribution in [0.3, 0.4) is 0 Å². The molecule has 9 heteroatoms. The highest BCUT2D eigenvalue weighted by molar-refractivity contribution is 6.03. The molecule has 1 saturated carbocycles. The number of hydrogen-bond donors (Lipinski definition) is 3. The average Bonchev–Trinajstić information content (AvgIpc) is 3.46. The summed E-state index contributed by atoms with van der Waals surface area (Å²) >= 11 is 0. The molecular weight excluding hydrogens is 446 g/mol. The molecule has 5 rings (SSSR count). The number of anilines is 1. The zero-order valence-corrected chi connectivity index (χ0v) is 20.0. The number of carbonyl (C=O) groups is 1. The predicted molar refractivity (Wildman–Crippen MR) is 130 cm³/mol. The summed E-state index contributed by atoms with van der Waals surface area (Å²) in [6.45, 7) is 5.20. The Hall–Kier alpha value is -3.56. The minimum Gasteiger partial charge on any atom is -0.444 e. The van der Waals surface area contributed by atoms with E-state index in [0.717, 1.165) is 42.6 Å². The topological polar surface area (TPSA) is 126 Å². The van der Waals surface area contributed by atoms with E-state index in [1.54, 1.807) is 38.4 Å². The highest BCUT2D eigenvalue weighted by Gasteiger charge is 2.26. The van der Waals surface area contributed by atoms with Gasteiger partial charge in [-0.3, -0.25) is 9.78 Å². The third kappa shape index (κ3) is 4.82. The summed E-state index contributed by atoms with van der Waals surface area (Å²) in [4.78, 5) is 26.3. The molecule has 35 heavy (non-hydrogen) atoms. The second kappa shape index (κ2) is 8.90. The maximum Gasteiger partial charge on any atom is 0.277 e. The van der Waals surface area contributed by atoms with Gasteiger partial charge in [0.2, 0.25) is 5.89 Å². The van der Waals surface area contributed by atoms with E-state index in [1.165, 1.54) is 6.26 Å². The molecule has 0 radical (unpaired) electrons. The summed E-state index contributed by atoms with van der Waals surface area (Å²) in [7, 11) is 0. The Kier molecular flexibility index (Phi) is 5.90. The monoisotopic (exact) mass is 475 g/mol. The zero-order valence-electron chi connectivity index (χ0n) is 20.0. The molecule has 3 N–H and O–H groups in total. The molecule has 1 aliphatic carbocycles. The van der Waals surface area contributed by atoms with Crippen molar-refractivity contribution >= 4 is 17.2 Å². The Morgan fingerprint density at radius 2 is 1.94 bits per heavy atom. The van der Waals surface area contributed by atoms with Gasteiger partial charge in [0.25, 0.3) is 5.91 Å². The van der Waals surface area contributed by atoms with Gasteiger partial charge in [-0.1, -0.05) is 0 Å². The van der Waals surface area contributed by atoms with Gasteiger partial charge in [-0.25, -0.2) is 9.97 Å². The first kappa shape index (κ1) is 23.2. The Balaban J connectivity index is 1.44. The number of aromatic nitrogens is 4. The van der Waals surface area contributed by atoms with Crippen LogP contribution in [0.15, 0.2) is 47.5 Å². The number of amides is 1. The number of hydrogen-bond acceptors (Lipinski definition) is 7. The SMILES string of the molecule is Cc1cc(-c2nc(C(=O)Nc3cn4cc(C5CCC(O)CC5)nc4cc3C(C)(C)O)co2)ccn1. The number of imidazole rings is 1. The second-order valence-corrected chi connectivity index (χ2v) is 9.77. The number of fused-ring (bicyclic) bond motifs is 1. The van der Waals surface area contributed by atoms with E-state index >= 15 is 0 Å². The summed E-state index contributed by atoms with van der Waals surface area (Å²) in [5.41, 5.74) is 3.12. The molecule has 4 aromatic heterocycles. The maximum absolute atomic E-state index is 13.0. The molecule has 1 amide bonds. The van der Waals surface area contributed by atoms with E-state index in [2.05, 4.69) is 15.3 Å². The van der Waals surface area contributed by atoms with Gasteiger partial charge in [0.1, 0.15) is 11.9 Å². The Labute approximate surface area is 202 Å². The Morgan fingerprint density at radius 1 is 1.17 bits per heavy atom. The van der Waals surface area contributed by atoms with Gasteiger partial charge in [-0.15, -0.1) is 0 Å². The van der Waals surface area contributed by atoms with Crippen LogP contribution in [0.2, 0.25) is 0 Å². The van der Waals surface area contributed by atoms with Crippen LogP contribution in [0.5, 0.6) is 0 Å². The summed E-state index contributed by atoms with van der Waals surface area (Å²) in [5.74, 6) is 0.167. The third-order valence-corrected chi connectivity index (χ3v) is 6.51. The van der Waals surface area contributed by atoms with Crippen molar-refractivity contribution < 1.29 is 19.4 Å². The third-order valence-electron chi connectivity index (χ3n) is 6.51. The Bertz CT molecular complexity index is 1380. The van der Waals surface area contributed by atoms with E-state index in [1.807, 2.05) is 23.6 Å². The van der Waals surface area contributed by atoms with Crippen molar-refractivity contribution in [3.63, 3.8) is 0 Å². The number of aliphatic hydroxyl groups excluding tert-OH is 1. The van der Waals surface area contributed by atoms with E-state index in [9.17, 15) is 15.0 Å². The van der Waals surface area contributed by atoms with Crippen LogP contribution in [0.25, 0.3) is 17.1 Å². The lowest BCUT2D eigenvalue weighted by Crippen LogP contribution is -2.21. The van der Waals surface area contributed by atoms with Gasteiger partial charge in [0.15, 0.2) is 5.69 Å². The van der Waals surface area contributed by atoms with E-state index in [0.29, 0.717) is 22.8 Å². The highest BCUT2D eigenvalue weighted by atomic mass is 16.3. The number of oxazole rings is 1. The van der Waals surface area contributed by atoms with Crippen molar-refractivity contribution in [3.05, 3.63) is 65.7 Å². The lowest BCUT2D eigenvalue weighted by Gasteiger charge is -2.23. The Morgan fingerprint density at radius 3 is 2.66 bits per heavy atom. The van der Waals surface area contributed by atoms with Gasteiger partial charge in [0, 0.05) is 41.3 Å². The van der Waals surface area contributed by atoms with Crippen LogP contribution < -0.4 is 5.32 Å². The van der Waals surface area contributed by atoms with Crippen LogP contribution in [0.4, 0.5) is 5.69 Å². The van der Waals surface area contributed by atoms with Gasteiger partial charge in [-0.05, 0) is 64.7 Å². The van der Waals surface area contributed by atoms with Gasteiger partial charge >= 0.3 is 0 Å². The van der Waals surface area contributed by atoms with E-state index in [4.69, 9.17) is 9.40 Å². The van der Waals surface area contributed by atoms with Crippen molar-refractivity contribution in [1.29, 1.82) is 0 Å². The summed E-state index contributed by atoms with van der Waals surface area (Å²) in [6, 6.07) is 5.40. The molecule has 4 aromatic rings. The lowest BCUT2D eigenvalue weighted by atomic mass is 9.86. The number of carbonyl (C=O) groups excluding carboxylic acids is 1. The number of aliphatic hydroxyl groups is 2. The fourth-order valence-electron chi connectivity index (χ4n) is 4.60. The molecule has 0 aliphatic heterocycles. The molecule has 4 heterocycles. The molecule has 0 aromatic carbocycles. The van der Waals surface area contributed by atoms with Crippen LogP contribution in [-0.2, 0) is 5.60 Å². The number of nitrogens with one attached hydrogen (secondary N) is 1. The van der Waals surface area contributed by atoms with Crippen LogP contribution in [0, 0.1) is 6.92 Å². The zero-order chi connectivity index (χ0) is 24.7. The van der Waals surface area contributed by atoms with Crippen molar-refractivity contribution in [3.8, 4) is 11.5 Å². The smallest absolute Gasteiger partial charge is 0.277 e. The van der Waals surface area contributed by atoms with Crippen LogP contribution in [-0.4, -0.2) is 41.6 Å². The summed E-state index contributed by atoms with van der Waals surface area (Å²) in [5, 5.41) is 23.5. The summed E-state index contributed by atoms with van der Waals surface area (Å²) < 4.78 is 7.39.